The Labute approximate surface area is 161 Å². The zero-order valence-corrected chi connectivity index (χ0v) is 14.8. The fraction of sp³-hybridized carbons (Fsp3) is 0.125. The van der Waals surface area contributed by atoms with Crippen molar-refractivity contribution >= 4 is 44.2 Å². The molecule has 2 N–H and O–H groups in total. The minimum Gasteiger partial charge on any atom is -0.507 e. The summed E-state index contributed by atoms with van der Waals surface area (Å²) < 4.78 is 77.9. The Balaban J connectivity index is 2.06. The van der Waals surface area contributed by atoms with Crippen LogP contribution in [0.4, 0.5) is 31.5 Å². The van der Waals surface area contributed by atoms with Gasteiger partial charge in [-0.25, -0.2) is 4.98 Å². The molecule has 1 heterocycles. The summed E-state index contributed by atoms with van der Waals surface area (Å²) in [6, 6.07) is 4.04. The highest BCUT2D eigenvalue weighted by Crippen LogP contribution is 2.42. The molecular formula is C16H7ClF6N2O2S. The van der Waals surface area contributed by atoms with Crippen LogP contribution >= 0.6 is 22.9 Å². The van der Waals surface area contributed by atoms with Gasteiger partial charge in [0.1, 0.15) is 5.75 Å². The Morgan fingerprint density at radius 2 is 1.75 bits per heavy atom. The van der Waals surface area contributed by atoms with Crippen molar-refractivity contribution in [3.05, 3.63) is 52.0 Å². The van der Waals surface area contributed by atoms with Crippen LogP contribution in [0.25, 0.3) is 10.2 Å². The molecule has 0 atom stereocenters. The second kappa shape index (κ2) is 6.82. The van der Waals surface area contributed by atoms with E-state index in [1.807, 2.05) is 0 Å². The van der Waals surface area contributed by atoms with E-state index in [1.165, 1.54) is 6.07 Å². The van der Waals surface area contributed by atoms with E-state index in [2.05, 4.69) is 10.3 Å². The quantitative estimate of drug-likeness (QED) is 0.484. The van der Waals surface area contributed by atoms with Crippen LogP contribution in [0.15, 0.2) is 30.3 Å². The van der Waals surface area contributed by atoms with E-state index >= 15 is 0 Å². The van der Waals surface area contributed by atoms with Gasteiger partial charge < -0.3 is 5.11 Å². The fourth-order valence-electron chi connectivity index (χ4n) is 2.32. The summed E-state index contributed by atoms with van der Waals surface area (Å²) >= 11 is 6.16. The van der Waals surface area contributed by atoms with Crippen molar-refractivity contribution in [3.63, 3.8) is 0 Å². The molecule has 0 aliphatic carbocycles. The van der Waals surface area contributed by atoms with Crippen LogP contribution in [0.3, 0.4) is 0 Å². The molecule has 0 fully saturated rings. The lowest BCUT2D eigenvalue weighted by Crippen LogP contribution is -2.12. The molecule has 0 spiro atoms. The third-order valence-electron chi connectivity index (χ3n) is 3.55. The Bertz CT molecular complexity index is 1080. The molecule has 1 aromatic heterocycles. The van der Waals surface area contributed by atoms with Gasteiger partial charge in [-0.2, -0.15) is 26.3 Å². The molecule has 0 saturated heterocycles. The number of fused-ring (bicyclic) bond motifs is 1. The number of aromatic hydroxyl groups is 1. The average Bonchev–Trinajstić information content (AvgIpc) is 2.96. The van der Waals surface area contributed by atoms with Crippen molar-refractivity contribution in [2.75, 3.05) is 5.32 Å². The van der Waals surface area contributed by atoms with E-state index < -0.39 is 45.4 Å². The topological polar surface area (TPSA) is 62.2 Å². The fourth-order valence-corrected chi connectivity index (χ4v) is 3.42. The molecule has 0 radical (unpaired) electrons. The normalized spacial score (nSPS) is 12.4. The van der Waals surface area contributed by atoms with Crippen LogP contribution in [-0.2, 0) is 12.4 Å². The number of hydrogen-bond donors (Lipinski definition) is 2. The number of hydrogen-bond acceptors (Lipinski definition) is 4. The third-order valence-corrected chi connectivity index (χ3v) is 4.70. The molecule has 148 valence electrons. The first-order chi connectivity index (χ1) is 12.9. The summed E-state index contributed by atoms with van der Waals surface area (Å²) in [5.41, 5.74) is -4.06. The van der Waals surface area contributed by atoms with Crippen molar-refractivity contribution in [1.29, 1.82) is 0 Å². The molecule has 3 aromatic rings. The van der Waals surface area contributed by atoms with E-state index in [9.17, 15) is 36.2 Å². The highest BCUT2D eigenvalue weighted by molar-refractivity contribution is 7.22. The smallest absolute Gasteiger partial charge is 0.418 e. The van der Waals surface area contributed by atoms with Crippen molar-refractivity contribution < 1.29 is 36.2 Å². The van der Waals surface area contributed by atoms with Crippen molar-refractivity contribution in [1.82, 2.24) is 4.98 Å². The van der Waals surface area contributed by atoms with Crippen LogP contribution in [0.2, 0.25) is 5.02 Å². The second-order valence-electron chi connectivity index (χ2n) is 5.50. The SMILES string of the molecule is O=C(Nc1nc2c(C(F)(F)F)cc(C(F)(F)F)cc2s1)c1cc(Cl)ccc1O. The van der Waals surface area contributed by atoms with E-state index in [0.717, 1.165) is 12.1 Å². The Hall–Kier alpha value is -2.53. The first-order valence-corrected chi connectivity index (χ1v) is 8.44. The number of carbonyl (C=O) groups excluding carboxylic acids is 1. The van der Waals surface area contributed by atoms with Crippen LogP contribution in [-0.4, -0.2) is 16.0 Å². The monoisotopic (exact) mass is 440 g/mol. The maximum absolute atomic E-state index is 13.2. The number of phenolic OH excluding ortho intramolecular Hbond substituents is 1. The lowest BCUT2D eigenvalue weighted by molar-refractivity contribution is -0.142. The molecule has 0 saturated carbocycles. The van der Waals surface area contributed by atoms with E-state index in [0.29, 0.717) is 17.4 Å². The van der Waals surface area contributed by atoms with E-state index in [1.54, 1.807) is 0 Å². The summed E-state index contributed by atoms with van der Waals surface area (Å²) in [6.45, 7) is 0. The highest BCUT2D eigenvalue weighted by Gasteiger charge is 2.39. The number of rotatable bonds is 2. The van der Waals surface area contributed by atoms with Crippen LogP contribution < -0.4 is 5.32 Å². The van der Waals surface area contributed by atoms with E-state index in [4.69, 9.17) is 11.6 Å². The number of halogens is 7. The standard InChI is InChI=1S/C16H7ClF6N2O2S/c17-7-1-2-10(26)8(5-7)13(27)25-14-24-12-9(16(21,22)23)3-6(15(18,19)20)4-11(12)28-14/h1-5,26H,(H,24,25,27). The molecule has 4 nitrogen and oxygen atoms in total. The minimum atomic E-state index is -5.08. The molecular weight excluding hydrogens is 434 g/mol. The van der Waals surface area contributed by atoms with Gasteiger partial charge in [-0.05, 0) is 30.3 Å². The number of alkyl halides is 6. The number of nitrogens with one attached hydrogen (secondary N) is 1. The predicted molar refractivity (Wildman–Crippen MR) is 90.7 cm³/mol. The van der Waals surface area contributed by atoms with Crippen LogP contribution in [0.5, 0.6) is 5.75 Å². The number of aromatic nitrogens is 1. The van der Waals surface area contributed by atoms with Crippen molar-refractivity contribution in [2.45, 2.75) is 12.4 Å². The number of amides is 1. The van der Waals surface area contributed by atoms with E-state index in [-0.39, 0.29) is 21.8 Å². The first-order valence-electron chi connectivity index (χ1n) is 7.25. The Morgan fingerprint density at radius 1 is 1.07 bits per heavy atom. The molecule has 0 aliphatic heterocycles. The lowest BCUT2D eigenvalue weighted by Gasteiger charge is -2.11. The maximum atomic E-state index is 13.2. The average molecular weight is 441 g/mol. The van der Waals surface area contributed by atoms with Gasteiger partial charge in [0.2, 0.25) is 0 Å². The summed E-state index contributed by atoms with van der Waals surface area (Å²) in [5.74, 6) is -1.39. The predicted octanol–water partition coefficient (Wildman–Crippen LogP) is 5.95. The summed E-state index contributed by atoms with van der Waals surface area (Å²) in [5, 5.41) is 11.6. The number of thiazole rings is 1. The van der Waals surface area contributed by atoms with Gasteiger partial charge in [0, 0.05) is 5.02 Å². The molecule has 1 amide bonds. The van der Waals surface area contributed by atoms with Gasteiger partial charge in [-0.15, -0.1) is 0 Å². The minimum absolute atomic E-state index is 0.0313. The van der Waals surface area contributed by atoms with Gasteiger partial charge in [0.15, 0.2) is 5.13 Å². The number of anilines is 1. The van der Waals surface area contributed by atoms with Gasteiger partial charge >= 0.3 is 12.4 Å². The van der Waals surface area contributed by atoms with Crippen molar-refractivity contribution in [2.24, 2.45) is 0 Å². The third kappa shape index (κ3) is 3.99. The lowest BCUT2D eigenvalue weighted by atomic mass is 10.1. The Kier molecular flexibility index (Phi) is 4.92. The maximum Gasteiger partial charge on any atom is 0.418 e. The van der Waals surface area contributed by atoms with Gasteiger partial charge in [-0.1, -0.05) is 22.9 Å². The van der Waals surface area contributed by atoms with Crippen LogP contribution in [0, 0.1) is 0 Å². The second-order valence-corrected chi connectivity index (χ2v) is 6.97. The molecule has 0 unspecified atom stereocenters. The molecule has 28 heavy (non-hydrogen) atoms. The first kappa shape index (κ1) is 20.2. The van der Waals surface area contributed by atoms with Gasteiger partial charge in [0.05, 0.1) is 26.9 Å². The molecule has 3 rings (SSSR count). The molecule has 0 bridgehead atoms. The van der Waals surface area contributed by atoms with Gasteiger partial charge in [-0.3, -0.25) is 10.1 Å². The summed E-state index contributed by atoms with van der Waals surface area (Å²) in [4.78, 5) is 15.8. The Morgan fingerprint density at radius 3 is 2.36 bits per heavy atom. The number of carbonyl (C=O) groups is 1. The highest BCUT2D eigenvalue weighted by atomic mass is 35.5. The zero-order valence-electron chi connectivity index (χ0n) is 13.2. The number of benzene rings is 2. The molecule has 0 aliphatic rings. The van der Waals surface area contributed by atoms with Crippen LogP contribution in [0.1, 0.15) is 21.5 Å². The molecule has 2 aromatic carbocycles. The molecule has 12 heteroatoms. The largest absolute Gasteiger partial charge is 0.507 e. The number of phenols is 1. The zero-order chi connectivity index (χ0) is 20.9. The van der Waals surface area contributed by atoms with Crippen molar-refractivity contribution in [3.8, 4) is 5.75 Å². The number of nitrogens with zero attached hydrogens (tertiary/aromatic N) is 1. The summed E-state index contributed by atoms with van der Waals surface area (Å²) in [7, 11) is 0. The van der Waals surface area contributed by atoms with Gasteiger partial charge in [0.25, 0.3) is 5.91 Å². The summed E-state index contributed by atoms with van der Waals surface area (Å²) in [6.07, 6.45) is -10.1.